The Morgan fingerprint density at radius 2 is 1.50 bits per heavy atom. The van der Waals surface area contributed by atoms with Gasteiger partial charge in [-0.05, 0) is 42.5 Å². The van der Waals surface area contributed by atoms with E-state index in [0.29, 0.717) is 20.8 Å². The van der Waals surface area contributed by atoms with E-state index >= 15 is 0 Å². The zero-order chi connectivity index (χ0) is 16.3. The quantitative estimate of drug-likeness (QED) is 0.686. The van der Waals surface area contributed by atoms with E-state index in [9.17, 15) is 8.42 Å². The van der Waals surface area contributed by atoms with E-state index in [-0.39, 0.29) is 11.4 Å². The van der Waals surface area contributed by atoms with Gasteiger partial charge < -0.3 is 0 Å². The average molecular weight is 377 g/mol. The lowest BCUT2D eigenvalue weighted by molar-refractivity contribution is 0.593. The highest BCUT2D eigenvalue weighted by atomic mass is 35.5. The van der Waals surface area contributed by atoms with Crippen molar-refractivity contribution in [3.8, 4) is 0 Å². The van der Waals surface area contributed by atoms with Crippen LogP contribution in [0.25, 0.3) is 0 Å². The van der Waals surface area contributed by atoms with Gasteiger partial charge in [0.05, 0.1) is 17.1 Å². The summed E-state index contributed by atoms with van der Waals surface area (Å²) in [5.41, 5.74) is 0.368. The second kappa shape index (κ2) is 6.92. The maximum absolute atomic E-state index is 12.8. The van der Waals surface area contributed by atoms with Crippen LogP contribution in [-0.2, 0) is 10.0 Å². The lowest BCUT2D eigenvalue weighted by atomic mass is 10.3. The highest BCUT2D eigenvalue weighted by Gasteiger charge is 2.24. The molecule has 0 fully saturated rings. The van der Waals surface area contributed by atoms with Crippen molar-refractivity contribution in [2.45, 2.75) is 4.90 Å². The third-order valence-electron chi connectivity index (χ3n) is 2.83. The highest BCUT2D eigenvalue weighted by molar-refractivity contribution is 7.92. The summed E-state index contributed by atoms with van der Waals surface area (Å²) in [5, 5.41) is 1.16. The van der Waals surface area contributed by atoms with Gasteiger partial charge in [0.25, 0.3) is 10.0 Å². The summed E-state index contributed by atoms with van der Waals surface area (Å²) in [4.78, 5) is 0.120. The predicted molar refractivity (Wildman–Crippen MR) is 92.6 cm³/mol. The van der Waals surface area contributed by atoms with Crippen molar-refractivity contribution in [2.75, 3.05) is 10.8 Å². The first kappa shape index (κ1) is 17.2. The van der Waals surface area contributed by atoms with Crippen LogP contribution in [0.1, 0.15) is 0 Å². The van der Waals surface area contributed by atoms with Crippen molar-refractivity contribution < 1.29 is 8.42 Å². The number of halogens is 3. The molecule has 0 heterocycles. The first-order valence-electron chi connectivity index (χ1n) is 6.20. The summed E-state index contributed by atoms with van der Waals surface area (Å²) in [7, 11) is -3.78. The van der Waals surface area contributed by atoms with Gasteiger partial charge in [-0.25, -0.2) is 8.42 Å². The minimum absolute atomic E-state index is 0.0850. The summed E-state index contributed by atoms with van der Waals surface area (Å²) in [6.07, 6.45) is 1.49. The fraction of sp³-hybridized carbons (Fsp3) is 0.0667. The molecule has 22 heavy (non-hydrogen) atoms. The molecule has 7 heteroatoms. The van der Waals surface area contributed by atoms with Crippen LogP contribution in [0.4, 0.5) is 5.69 Å². The zero-order valence-electron chi connectivity index (χ0n) is 11.3. The average Bonchev–Trinajstić information content (AvgIpc) is 2.44. The first-order chi connectivity index (χ1) is 10.3. The number of hydrogen-bond donors (Lipinski definition) is 0. The largest absolute Gasteiger partial charge is 0.264 e. The van der Waals surface area contributed by atoms with Gasteiger partial charge in [0.2, 0.25) is 0 Å². The molecule has 0 N–H and O–H groups in total. The third kappa shape index (κ3) is 3.76. The van der Waals surface area contributed by atoms with E-state index in [1.165, 1.54) is 52.8 Å². The molecule has 2 aromatic carbocycles. The van der Waals surface area contributed by atoms with Gasteiger partial charge in [-0.2, -0.15) is 0 Å². The van der Waals surface area contributed by atoms with Crippen LogP contribution in [0.3, 0.4) is 0 Å². The molecule has 0 aliphatic rings. The molecule has 2 rings (SSSR count). The molecule has 0 unspecified atom stereocenters. The van der Waals surface area contributed by atoms with Gasteiger partial charge in [-0.1, -0.05) is 40.9 Å². The third-order valence-corrected chi connectivity index (χ3v) is 5.33. The number of hydrogen-bond acceptors (Lipinski definition) is 2. The normalized spacial score (nSPS) is 11.2. The predicted octanol–water partition coefficient (Wildman–Crippen LogP) is 5.03. The van der Waals surface area contributed by atoms with E-state index in [4.69, 9.17) is 34.8 Å². The lowest BCUT2D eigenvalue weighted by Gasteiger charge is -2.23. The molecule has 0 saturated heterocycles. The van der Waals surface area contributed by atoms with E-state index in [0.717, 1.165) is 0 Å². The van der Waals surface area contributed by atoms with Gasteiger partial charge in [0, 0.05) is 15.1 Å². The van der Waals surface area contributed by atoms with Gasteiger partial charge in [-0.15, -0.1) is 6.58 Å². The number of anilines is 1. The molecule has 0 radical (unpaired) electrons. The van der Waals surface area contributed by atoms with Crippen LogP contribution < -0.4 is 4.31 Å². The Balaban J connectivity index is 2.55. The smallest absolute Gasteiger partial charge is 0.262 e. The fourth-order valence-electron chi connectivity index (χ4n) is 1.88. The molecular weight excluding hydrogens is 365 g/mol. The number of nitrogens with zero attached hydrogens (tertiary/aromatic N) is 1. The molecular formula is C15H12Cl3NO2S. The molecule has 0 bridgehead atoms. The summed E-state index contributed by atoms with van der Waals surface area (Å²) in [5.74, 6) is 0. The Morgan fingerprint density at radius 1 is 0.955 bits per heavy atom. The van der Waals surface area contributed by atoms with Crippen molar-refractivity contribution >= 4 is 50.5 Å². The summed E-state index contributed by atoms with van der Waals surface area (Å²) in [6.45, 7) is 3.68. The van der Waals surface area contributed by atoms with Gasteiger partial charge in [0.1, 0.15) is 0 Å². The van der Waals surface area contributed by atoms with Crippen molar-refractivity contribution in [2.24, 2.45) is 0 Å². The van der Waals surface area contributed by atoms with Crippen molar-refractivity contribution in [3.63, 3.8) is 0 Å². The lowest BCUT2D eigenvalue weighted by Crippen LogP contribution is -2.31. The molecule has 0 amide bonds. The van der Waals surface area contributed by atoms with Gasteiger partial charge in [-0.3, -0.25) is 4.31 Å². The van der Waals surface area contributed by atoms with Crippen molar-refractivity contribution in [1.82, 2.24) is 0 Å². The molecule has 0 saturated carbocycles. The summed E-state index contributed by atoms with van der Waals surface area (Å²) >= 11 is 17.7. The van der Waals surface area contributed by atoms with Crippen LogP contribution in [0.15, 0.2) is 60.0 Å². The van der Waals surface area contributed by atoms with Gasteiger partial charge in [0.15, 0.2) is 0 Å². The minimum Gasteiger partial charge on any atom is -0.262 e. The minimum atomic E-state index is -3.78. The van der Waals surface area contributed by atoms with Crippen molar-refractivity contribution in [1.29, 1.82) is 0 Å². The highest BCUT2D eigenvalue weighted by Crippen LogP contribution is 2.29. The van der Waals surface area contributed by atoms with Gasteiger partial charge >= 0.3 is 0 Å². The Labute approximate surface area is 144 Å². The molecule has 0 aliphatic carbocycles. The molecule has 116 valence electrons. The second-order valence-corrected chi connectivity index (χ2v) is 7.58. The second-order valence-electron chi connectivity index (χ2n) is 4.41. The molecule has 3 nitrogen and oxygen atoms in total. The van der Waals surface area contributed by atoms with Crippen LogP contribution in [-0.4, -0.2) is 15.0 Å². The SMILES string of the molecule is C=CCN(c1cc(Cl)cc(Cl)c1)S(=O)(=O)c1ccc(Cl)cc1. The Morgan fingerprint density at radius 3 is 2.00 bits per heavy atom. The monoisotopic (exact) mass is 375 g/mol. The Kier molecular flexibility index (Phi) is 5.40. The molecule has 0 spiro atoms. The fourth-order valence-corrected chi connectivity index (χ4v) is 3.94. The van der Waals surface area contributed by atoms with E-state index in [1.807, 2.05) is 0 Å². The van der Waals surface area contributed by atoms with E-state index in [1.54, 1.807) is 0 Å². The molecule has 2 aromatic rings. The van der Waals surface area contributed by atoms with Crippen LogP contribution in [0.2, 0.25) is 15.1 Å². The van der Waals surface area contributed by atoms with Crippen LogP contribution in [0, 0.1) is 0 Å². The topological polar surface area (TPSA) is 37.4 Å². The van der Waals surface area contributed by atoms with Crippen LogP contribution in [0.5, 0.6) is 0 Å². The van der Waals surface area contributed by atoms with Crippen molar-refractivity contribution in [3.05, 3.63) is 70.2 Å². The first-order valence-corrected chi connectivity index (χ1v) is 8.77. The summed E-state index contributed by atoms with van der Waals surface area (Å²) < 4.78 is 26.8. The Hall–Kier alpha value is -1.20. The number of sulfonamides is 1. The molecule has 0 atom stereocenters. The maximum atomic E-state index is 12.8. The standard InChI is InChI=1S/C15H12Cl3NO2S/c1-2-7-19(14-9-12(17)8-13(18)10-14)22(20,21)15-5-3-11(16)4-6-15/h2-6,8-10H,1,7H2. The zero-order valence-corrected chi connectivity index (χ0v) is 14.4. The number of rotatable bonds is 5. The van der Waals surface area contributed by atoms with E-state index in [2.05, 4.69) is 6.58 Å². The summed E-state index contributed by atoms with van der Waals surface area (Å²) in [6, 6.07) is 10.5. The van der Waals surface area contributed by atoms with E-state index < -0.39 is 10.0 Å². The maximum Gasteiger partial charge on any atom is 0.264 e. The van der Waals surface area contributed by atoms with Crippen LogP contribution >= 0.6 is 34.8 Å². The number of benzene rings is 2. The molecule has 0 aromatic heterocycles. The Bertz CT molecular complexity index is 769. The molecule has 0 aliphatic heterocycles.